The first-order valence-corrected chi connectivity index (χ1v) is 12.2. The first-order valence-electron chi connectivity index (χ1n) is 11.9. The molecule has 7 nitrogen and oxygen atoms in total. The molecular weight excluding hydrogens is 456 g/mol. The van der Waals surface area contributed by atoms with Crippen LogP contribution < -0.4 is 4.90 Å². The minimum atomic E-state index is -0.971. The number of carboxylic acid groups (broad SMARTS) is 1. The molecule has 1 aromatic rings. The number of ether oxygens (including phenoxy) is 1. The van der Waals surface area contributed by atoms with Crippen molar-refractivity contribution in [1.29, 1.82) is 0 Å². The molecule has 0 aromatic heterocycles. The van der Waals surface area contributed by atoms with Crippen LogP contribution in [0.1, 0.15) is 63.5 Å². The number of amides is 2. The number of aliphatic carboxylic acids is 1. The molecule has 0 radical (unpaired) electrons. The van der Waals surface area contributed by atoms with Crippen LogP contribution in [0.2, 0.25) is 0 Å². The number of carbonyl (C=O) groups is 3. The molecule has 3 atom stereocenters. The molecule has 2 amide bonds. The van der Waals surface area contributed by atoms with Crippen LogP contribution in [0, 0.1) is 5.92 Å². The largest absolute Gasteiger partial charge is 0.481 e. The summed E-state index contributed by atoms with van der Waals surface area (Å²) in [5.41, 5.74) is 2.29. The topological polar surface area (TPSA) is 87.2 Å². The van der Waals surface area contributed by atoms with Gasteiger partial charge in [-0.05, 0) is 55.9 Å². The first-order chi connectivity index (χ1) is 16.3. The predicted molar refractivity (Wildman–Crippen MR) is 130 cm³/mol. The van der Waals surface area contributed by atoms with Crippen molar-refractivity contribution in [3.05, 3.63) is 53.1 Å². The van der Waals surface area contributed by atoms with E-state index >= 15 is 0 Å². The number of hydrogen-bond acceptors (Lipinski definition) is 4. The van der Waals surface area contributed by atoms with Crippen molar-refractivity contribution < 1.29 is 24.2 Å². The van der Waals surface area contributed by atoms with Gasteiger partial charge in [0.05, 0.1) is 18.2 Å². The van der Waals surface area contributed by atoms with Gasteiger partial charge in [-0.2, -0.15) is 0 Å². The van der Waals surface area contributed by atoms with Crippen LogP contribution in [0.5, 0.6) is 0 Å². The van der Waals surface area contributed by atoms with E-state index in [9.17, 15) is 14.4 Å². The van der Waals surface area contributed by atoms with Gasteiger partial charge in [-0.3, -0.25) is 14.5 Å². The highest BCUT2D eigenvalue weighted by Gasteiger charge is 2.51. The average Bonchev–Trinajstić information content (AvgIpc) is 3.51. The molecule has 1 N–H and O–H groups in total. The van der Waals surface area contributed by atoms with Crippen molar-refractivity contribution in [3.8, 4) is 0 Å². The third kappa shape index (κ3) is 5.14. The van der Waals surface area contributed by atoms with Crippen LogP contribution in [-0.4, -0.2) is 46.7 Å². The van der Waals surface area contributed by atoms with E-state index in [1.54, 1.807) is 17.9 Å². The van der Waals surface area contributed by atoms with E-state index < -0.39 is 12.1 Å². The highest BCUT2D eigenvalue weighted by Crippen LogP contribution is 2.52. The summed E-state index contributed by atoms with van der Waals surface area (Å²) in [5, 5.41) is 9.67. The summed E-state index contributed by atoms with van der Waals surface area (Å²) in [6.07, 6.45) is 5.58. The maximum atomic E-state index is 13.3. The fraction of sp³-hybridized carbons (Fsp3) is 0.500. The second kappa shape index (κ2) is 10.2. The van der Waals surface area contributed by atoms with Crippen LogP contribution in [-0.2, 0) is 14.3 Å². The van der Waals surface area contributed by atoms with Gasteiger partial charge in [-0.1, -0.05) is 42.8 Å². The number of para-hydroxylation sites is 1. The van der Waals surface area contributed by atoms with Crippen LogP contribution in [0.4, 0.5) is 10.5 Å². The van der Waals surface area contributed by atoms with Crippen molar-refractivity contribution in [3.63, 3.8) is 0 Å². The Balaban J connectivity index is 1.64. The van der Waals surface area contributed by atoms with Gasteiger partial charge in [0.2, 0.25) is 5.91 Å². The smallest absolute Gasteiger partial charge is 0.414 e. The lowest BCUT2D eigenvalue weighted by Crippen LogP contribution is -2.53. The molecular formula is C26H31ClN2O5. The van der Waals surface area contributed by atoms with Crippen molar-refractivity contribution in [2.75, 3.05) is 11.5 Å². The molecule has 0 bridgehead atoms. The summed E-state index contributed by atoms with van der Waals surface area (Å²) in [4.78, 5) is 41.3. The molecule has 1 aliphatic heterocycles. The number of hydrogen-bond donors (Lipinski definition) is 1. The number of anilines is 1. The summed E-state index contributed by atoms with van der Waals surface area (Å²) < 4.78 is 5.62. The zero-order valence-corrected chi connectivity index (χ0v) is 20.2. The van der Waals surface area contributed by atoms with Crippen molar-refractivity contribution >= 4 is 35.3 Å². The van der Waals surface area contributed by atoms with Crippen molar-refractivity contribution in [2.24, 2.45) is 5.92 Å². The maximum absolute atomic E-state index is 13.3. The minimum Gasteiger partial charge on any atom is -0.481 e. The van der Waals surface area contributed by atoms with Crippen LogP contribution in [0.15, 0.2) is 47.5 Å². The number of rotatable bonds is 8. The lowest BCUT2D eigenvalue weighted by atomic mass is 9.81. The molecule has 34 heavy (non-hydrogen) atoms. The van der Waals surface area contributed by atoms with E-state index in [-0.39, 0.29) is 49.4 Å². The van der Waals surface area contributed by atoms with E-state index in [1.165, 1.54) is 0 Å². The summed E-state index contributed by atoms with van der Waals surface area (Å²) in [6.45, 7) is 5.68. The van der Waals surface area contributed by atoms with Crippen LogP contribution in [0.25, 0.3) is 0 Å². The summed E-state index contributed by atoms with van der Waals surface area (Å²) in [5.74, 6) is -1.02. The summed E-state index contributed by atoms with van der Waals surface area (Å²) in [6, 6.07) is 7.58. The van der Waals surface area contributed by atoms with Gasteiger partial charge >= 0.3 is 12.1 Å². The normalized spacial score (nSPS) is 23.6. The van der Waals surface area contributed by atoms with Gasteiger partial charge < -0.3 is 14.7 Å². The zero-order valence-electron chi connectivity index (χ0n) is 19.4. The van der Waals surface area contributed by atoms with E-state index in [1.807, 2.05) is 29.2 Å². The number of benzene rings is 1. The Kier molecular flexibility index (Phi) is 7.31. The lowest BCUT2D eigenvalue weighted by Gasteiger charge is -2.47. The number of allylic oxidation sites excluding steroid dienone is 1. The fourth-order valence-electron chi connectivity index (χ4n) is 5.44. The quantitative estimate of drug-likeness (QED) is 0.496. The molecule has 182 valence electrons. The van der Waals surface area contributed by atoms with E-state index in [2.05, 4.69) is 6.58 Å². The van der Waals surface area contributed by atoms with E-state index in [0.717, 1.165) is 43.4 Å². The molecule has 1 aromatic carbocycles. The Morgan fingerprint density at radius 3 is 2.62 bits per heavy atom. The third-order valence-electron chi connectivity index (χ3n) is 6.85. The van der Waals surface area contributed by atoms with Crippen LogP contribution >= 0.6 is 11.6 Å². The van der Waals surface area contributed by atoms with Gasteiger partial charge in [0.25, 0.3) is 0 Å². The Morgan fingerprint density at radius 2 is 1.94 bits per heavy atom. The van der Waals surface area contributed by atoms with Gasteiger partial charge in [0.15, 0.2) is 0 Å². The fourth-order valence-corrected chi connectivity index (χ4v) is 5.60. The molecule has 4 rings (SSSR count). The molecule has 3 aliphatic rings. The standard InChI is InChI=1S/C26H31ClN2O5/c1-16(14-17(2)27)15-34-26(33)29-21-8-4-3-6-19(21)25(20-7-5-9-22(20)29)28(18-10-11-18)23(30)12-13-24(31)32/h3-4,6,8,14,18,20,22,25H,1,5,7,9-13,15H2,2H3,(H,31,32)/b17-14+. The third-order valence-corrected chi connectivity index (χ3v) is 6.95. The van der Waals surface area contributed by atoms with Crippen LogP contribution in [0.3, 0.4) is 0 Å². The SMILES string of the molecule is C=C(/C=C(\C)Cl)COC(=O)N1c2ccccc2C(N(C(=O)CCC(=O)O)C2CC2)C2CCCC21. The Bertz CT molecular complexity index is 1010. The predicted octanol–water partition coefficient (Wildman–Crippen LogP) is 5.41. The Hall–Kier alpha value is -2.80. The highest BCUT2D eigenvalue weighted by atomic mass is 35.5. The average molecular weight is 487 g/mol. The molecule has 2 aliphatic carbocycles. The van der Waals surface area contributed by atoms with E-state index in [0.29, 0.717) is 10.6 Å². The number of halogens is 1. The molecule has 8 heteroatoms. The Labute approximate surface area is 205 Å². The number of fused-ring (bicyclic) bond motifs is 2. The van der Waals surface area contributed by atoms with Gasteiger partial charge in [-0.25, -0.2) is 4.79 Å². The monoisotopic (exact) mass is 486 g/mol. The summed E-state index contributed by atoms with van der Waals surface area (Å²) in [7, 11) is 0. The molecule has 0 spiro atoms. The minimum absolute atomic E-state index is 0.0107. The van der Waals surface area contributed by atoms with E-state index in [4.69, 9.17) is 21.4 Å². The van der Waals surface area contributed by atoms with Gasteiger partial charge in [0.1, 0.15) is 6.61 Å². The molecule has 2 fully saturated rings. The lowest BCUT2D eigenvalue weighted by molar-refractivity contribution is -0.142. The first kappa shape index (κ1) is 24.3. The number of nitrogens with zero attached hydrogens (tertiary/aromatic N) is 2. The van der Waals surface area contributed by atoms with Crippen molar-refractivity contribution in [1.82, 2.24) is 4.90 Å². The van der Waals surface area contributed by atoms with Crippen molar-refractivity contribution in [2.45, 2.75) is 70.0 Å². The molecule has 3 unspecified atom stereocenters. The second-order valence-corrected chi connectivity index (χ2v) is 10.0. The number of carbonyl (C=O) groups excluding carboxylic acids is 2. The van der Waals surface area contributed by atoms with Gasteiger partial charge in [-0.15, -0.1) is 0 Å². The zero-order chi connectivity index (χ0) is 24.4. The number of carboxylic acids is 1. The highest BCUT2D eigenvalue weighted by molar-refractivity contribution is 6.29. The molecule has 0 saturated heterocycles. The molecule has 1 heterocycles. The maximum Gasteiger partial charge on any atom is 0.414 e. The molecule has 2 saturated carbocycles. The second-order valence-electron chi connectivity index (χ2n) is 9.41. The Morgan fingerprint density at radius 1 is 1.21 bits per heavy atom. The summed E-state index contributed by atoms with van der Waals surface area (Å²) >= 11 is 5.90. The van der Waals surface area contributed by atoms with Gasteiger partial charge in [0, 0.05) is 29.5 Å².